The molecule has 0 spiro atoms. The average molecular weight is 325 g/mol. The third-order valence-electron chi connectivity index (χ3n) is 3.02. The molecule has 0 aliphatic rings. The maximum Gasteiger partial charge on any atom is 0.335 e. The quantitative estimate of drug-likeness (QED) is 0.917. The predicted octanol–water partition coefficient (Wildman–Crippen LogP) is 3.05. The van der Waals surface area contributed by atoms with Crippen LogP contribution in [-0.2, 0) is 16.3 Å². The van der Waals surface area contributed by atoms with E-state index in [0.29, 0.717) is 6.42 Å². The number of benzene rings is 2. The molecule has 1 N–H and O–H groups in total. The maximum absolute atomic E-state index is 12.3. The number of carboxylic acids is 1. The van der Waals surface area contributed by atoms with Crippen molar-refractivity contribution in [3.63, 3.8) is 0 Å². The lowest BCUT2D eigenvalue weighted by Crippen LogP contribution is -2.11. The van der Waals surface area contributed by atoms with E-state index in [1.807, 2.05) is 30.3 Å². The number of carboxylic acid groups (broad SMARTS) is 1. The molecule has 0 atom stereocenters. The molecule has 0 aliphatic heterocycles. The fraction of sp³-hybridized carbons (Fsp3) is 0.133. The van der Waals surface area contributed by atoms with Gasteiger partial charge in [-0.05, 0) is 30.2 Å². The van der Waals surface area contributed by atoms with Gasteiger partial charge in [0.2, 0.25) is 0 Å². The number of aromatic carboxylic acids is 1. The Labute approximate surface area is 127 Å². The van der Waals surface area contributed by atoms with Gasteiger partial charge in [-0.1, -0.05) is 41.9 Å². The molecule has 4 nitrogen and oxygen atoms in total. The minimum absolute atomic E-state index is 0.0352. The molecule has 2 aromatic rings. The van der Waals surface area contributed by atoms with Crippen LogP contribution in [0.4, 0.5) is 0 Å². The van der Waals surface area contributed by atoms with Gasteiger partial charge in [-0.2, -0.15) is 0 Å². The van der Waals surface area contributed by atoms with Gasteiger partial charge in [-0.15, -0.1) is 0 Å². The molecule has 0 aromatic heterocycles. The standard InChI is InChI=1S/C15H13ClO4S/c16-13-7-6-12(15(17)18)10-14(13)21(19,20)9-8-11-4-2-1-3-5-11/h1-7,10H,8-9H2,(H,17,18). The SMILES string of the molecule is O=C(O)c1ccc(Cl)c(S(=O)(=O)CCc2ccccc2)c1. The van der Waals surface area contributed by atoms with Crippen LogP contribution in [0, 0.1) is 0 Å². The lowest BCUT2D eigenvalue weighted by molar-refractivity contribution is 0.0696. The Morgan fingerprint density at radius 2 is 1.76 bits per heavy atom. The van der Waals surface area contributed by atoms with E-state index < -0.39 is 15.8 Å². The van der Waals surface area contributed by atoms with E-state index in [9.17, 15) is 13.2 Å². The summed E-state index contributed by atoms with van der Waals surface area (Å²) in [6.07, 6.45) is 0.344. The Balaban J connectivity index is 2.27. The van der Waals surface area contributed by atoms with E-state index >= 15 is 0 Å². The summed E-state index contributed by atoms with van der Waals surface area (Å²) in [6, 6.07) is 12.9. The zero-order valence-electron chi connectivity index (χ0n) is 11.0. The van der Waals surface area contributed by atoms with Crippen molar-refractivity contribution in [2.45, 2.75) is 11.3 Å². The predicted molar refractivity (Wildman–Crippen MR) is 80.6 cm³/mol. The summed E-state index contributed by atoms with van der Waals surface area (Å²) in [7, 11) is -3.64. The van der Waals surface area contributed by atoms with Crippen LogP contribution in [-0.4, -0.2) is 25.2 Å². The van der Waals surface area contributed by atoms with Gasteiger partial charge in [-0.25, -0.2) is 13.2 Å². The first-order valence-electron chi connectivity index (χ1n) is 6.20. The first-order valence-corrected chi connectivity index (χ1v) is 8.23. The van der Waals surface area contributed by atoms with E-state index in [0.717, 1.165) is 11.6 Å². The molecular formula is C15H13ClO4S. The fourth-order valence-electron chi connectivity index (χ4n) is 1.88. The van der Waals surface area contributed by atoms with Crippen LogP contribution in [0.3, 0.4) is 0 Å². The summed E-state index contributed by atoms with van der Waals surface area (Å²) in [6.45, 7) is 0. The zero-order chi connectivity index (χ0) is 15.5. The molecule has 0 heterocycles. The van der Waals surface area contributed by atoms with Crippen molar-refractivity contribution in [1.29, 1.82) is 0 Å². The molecule has 2 aromatic carbocycles. The van der Waals surface area contributed by atoms with Gasteiger partial charge < -0.3 is 5.11 Å². The third kappa shape index (κ3) is 3.83. The summed E-state index contributed by atoms with van der Waals surface area (Å²) in [4.78, 5) is 10.8. The highest BCUT2D eigenvalue weighted by molar-refractivity contribution is 7.91. The van der Waals surface area contributed by atoms with E-state index in [1.165, 1.54) is 12.1 Å². The normalized spacial score (nSPS) is 11.3. The monoisotopic (exact) mass is 324 g/mol. The van der Waals surface area contributed by atoms with Crippen molar-refractivity contribution in [3.05, 3.63) is 64.7 Å². The van der Waals surface area contributed by atoms with Gasteiger partial charge in [0.15, 0.2) is 9.84 Å². The van der Waals surface area contributed by atoms with Gasteiger partial charge >= 0.3 is 5.97 Å². The largest absolute Gasteiger partial charge is 0.478 e. The van der Waals surface area contributed by atoms with Crippen LogP contribution in [0.15, 0.2) is 53.4 Å². The van der Waals surface area contributed by atoms with Crippen molar-refractivity contribution in [2.75, 3.05) is 5.75 Å². The Hall–Kier alpha value is -1.85. The van der Waals surface area contributed by atoms with Crippen LogP contribution < -0.4 is 0 Å². The van der Waals surface area contributed by atoms with E-state index in [4.69, 9.17) is 16.7 Å². The van der Waals surface area contributed by atoms with E-state index in [1.54, 1.807) is 0 Å². The smallest absolute Gasteiger partial charge is 0.335 e. The average Bonchev–Trinajstić information content (AvgIpc) is 2.46. The molecular weight excluding hydrogens is 312 g/mol. The molecule has 6 heteroatoms. The minimum Gasteiger partial charge on any atom is -0.478 e. The Kier molecular flexibility index (Phi) is 4.65. The number of hydrogen-bond acceptors (Lipinski definition) is 3. The molecule has 0 bridgehead atoms. The Morgan fingerprint density at radius 1 is 1.10 bits per heavy atom. The van der Waals surface area contributed by atoms with Crippen molar-refractivity contribution >= 4 is 27.4 Å². The lowest BCUT2D eigenvalue weighted by atomic mass is 10.2. The van der Waals surface area contributed by atoms with Crippen molar-refractivity contribution < 1.29 is 18.3 Å². The number of rotatable bonds is 5. The molecule has 2 rings (SSSR count). The number of aryl methyl sites for hydroxylation is 1. The van der Waals surface area contributed by atoms with Gasteiger partial charge in [0.05, 0.1) is 21.2 Å². The van der Waals surface area contributed by atoms with Gasteiger partial charge in [0.25, 0.3) is 0 Å². The number of hydrogen-bond donors (Lipinski definition) is 1. The van der Waals surface area contributed by atoms with E-state index in [-0.39, 0.29) is 21.2 Å². The molecule has 0 fully saturated rings. The molecule has 110 valence electrons. The third-order valence-corrected chi connectivity index (χ3v) is 5.21. The van der Waals surface area contributed by atoms with Crippen LogP contribution in [0.2, 0.25) is 5.02 Å². The first-order chi connectivity index (χ1) is 9.90. The molecule has 0 radical (unpaired) electrons. The molecule has 0 saturated heterocycles. The van der Waals surface area contributed by atoms with Gasteiger partial charge in [-0.3, -0.25) is 0 Å². The molecule has 0 amide bonds. The highest BCUT2D eigenvalue weighted by atomic mass is 35.5. The summed E-state index contributed by atoms with van der Waals surface area (Å²) in [5.41, 5.74) is 0.796. The number of sulfone groups is 1. The maximum atomic E-state index is 12.3. The van der Waals surface area contributed by atoms with Crippen LogP contribution >= 0.6 is 11.6 Å². The zero-order valence-corrected chi connectivity index (χ0v) is 12.6. The second-order valence-electron chi connectivity index (χ2n) is 4.50. The molecule has 0 aliphatic carbocycles. The fourth-order valence-corrected chi connectivity index (χ4v) is 3.75. The van der Waals surface area contributed by atoms with Crippen molar-refractivity contribution in [1.82, 2.24) is 0 Å². The molecule has 0 saturated carbocycles. The van der Waals surface area contributed by atoms with E-state index in [2.05, 4.69) is 0 Å². The number of halogens is 1. The lowest BCUT2D eigenvalue weighted by Gasteiger charge is -2.08. The van der Waals surface area contributed by atoms with Crippen molar-refractivity contribution in [2.24, 2.45) is 0 Å². The summed E-state index contributed by atoms with van der Waals surface area (Å²) in [5.74, 6) is -1.31. The van der Waals surface area contributed by atoms with Crippen LogP contribution in [0.5, 0.6) is 0 Å². The summed E-state index contributed by atoms with van der Waals surface area (Å²) in [5, 5.41) is 8.97. The number of carbonyl (C=O) groups is 1. The summed E-state index contributed by atoms with van der Waals surface area (Å²) >= 11 is 5.90. The highest BCUT2D eigenvalue weighted by Crippen LogP contribution is 2.24. The topological polar surface area (TPSA) is 71.4 Å². The Bertz CT molecular complexity index is 754. The second-order valence-corrected chi connectivity index (χ2v) is 6.99. The first kappa shape index (κ1) is 15.5. The van der Waals surface area contributed by atoms with Gasteiger partial charge in [0.1, 0.15) is 0 Å². The van der Waals surface area contributed by atoms with Crippen LogP contribution in [0.25, 0.3) is 0 Å². The highest BCUT2D eigenvalue weighted by Gasteiger charge is 2.20. The second kappa shape index (κ2) is 6.28. The minimum atomic E-state index is -3.64. The van der Waals surface area contributed by atoms with Crippen LogP contribution in [0.1, 0.15) is 15.9 Å². The molecule has 0 unspecified atom stereocenters. The van der Waals surface area contributed by atoms with Gasteiger partial charge in [0, 0.05) is 0 Å². The van der Waals surface area contributed by atoms with Crippen molar-refractivity contribution in [3.8, 4) is 0 Å². The molecule has 21 heavy (non-hydrogen) atoms. The Morgan fingerprint density at radius 3 is 2.38 bits per heavy atom. The summed E-state index contributed by atoms with van der Waals surface area (Å²) < 4.78 is 24.6.